The summed E-state index contributed by atoms with van der Waals surface area (Å²) in [5.41, 5.74) is 0.419. The number of carbonyl (C=O) groups is 3. The van der Waals surface area contributed by atoms with Gasteiger partial charge in [0.1, 0.15) is 12.3 Å². The van der Waals surface area contributed by atoms with Crippen LogP contribution < -0.4 is 20.1 Å². The smallest absolute Gasteiger partial charge is 0.335 e. The molecule has 0 bridgehead atoms. The van der Waals surface area contributed by atoms with Crippen molar-refractivity contribution < 1.29 is 32.6 Å². The summed E-state index contributed by atoms with van der Waals surface area (Å²) in [5.74, 6) is -1.96. The van der Waals surface area contributed by atoms with Gasteiger partial charge in [0.2, 0.25) is 15.9 Å². The maximum Gasteiger partial charge on any atom is 0.335 e. The SMILES string of the molecule is CC1Oc2ccc(C(=O)O)cc2N(CC(=O)Nc2ccc(S(N)(=O)=O)cc2)C1=O. The highest BCUT2D eigenvalue weighted by molar-refractivity contribution is 7.89. The lowest BCUT2D eigenvalue weighted by atomic mass is 10.1. The lowest BCUT2D eigenvalue weighted by Gasteiger charge is -2.32. The highest BCUT2D eigenvalue weighted by Crippen LogP contribution is 2.35. The number of nitrogens with zero attached hydrogens (tertiary/aromatic N) is 1. The van der Waals surface area contributed by atoms with Crippen LogP contribution in [0.2, 0.25) is 0 Å². The molecule has 0 aromatic heterocycles. The number of sulfonamides is 1. The van der Waals surface area contributed by atoms with Gasteiger partial charge in [-0.25, -0.2) is 18.4 Å². The summed E-state index contributed by atoms with van der Waals surface area (Å²) in [5, 5.41) is 16.7. The zero-order chi connectivity index (χ0) is 21.3. The molecule has 1 aliphatic rings. The summed E-state index contributed by atoms with van der Waals surface area (Å²) in [7, 11) is -3.86. The number of carboxylic acid groups (broad SMARTS) is 1. The van der Waals surface area contributed by atoms with Crippen LogP contribution in [0.25, 0.3) is 0 Å². The molecule has 4 N–H and O–H groups in total. The van der Waals surface area contributed by atoms with Crippen molar-refractivity contribution in [2.75, 3.05) is 16.8 Å². The van der Waals surface area contributed by atoms with E-state index in [1.54, 1.807) is 0 Å². The van der Waals surface area contributed by atoms with Crippen molar-refractivity contribution in [1.29, 1.82) is 0 Å². The number of ether oxygens (including phenoxy) is 1. The average molecular weight is 419 g/mol. The van der Waals surface area contributed by atoms with Gasteiger partial charge in [-0.15, -0.1) is 0 Å². The van der Waals surface area contributed by atoms with E-state index in [1.165, 1.54) is 49.4 Å². The number of primary sulfonamides is 1. The number of anilines is 2. The van der Waals surface area contributed by atoms with E-state index in [1.807, 2.05) is 0 Å². The molecule has 1 heterocycles. The van der Waals surface area contributed by atoms with Gasteiger partial charge < -0.3 is 15.2 Å². The number of rotatable bonds is 5. The summed E-state index contributed by atoms with van der Waals surface area (Å²) in [6, 6.07) is 9.22. The molecule has 0 saturated carbocycles. The van der Waals surface area contributed by atoms with Crippen LogP contribution in [-0.4, -0.2) is 44.0 Å². The summed E-state index contributed by atoms with van der Waals surface area (Å²) in [4.78, 5) is 37.2. The molecule has 1 aliphatic heterocycles. The van der Waals surface area contributed by atoms with E-state index in [4.69, 9.17) is 9.88 Å². The lowest BCUT2D eigenvalue weighted by molar-refractivity contribution is -0.127. The van der Waals surface area contributed by atoms with Crippen LogP contribution in [-0.2, 0) is 19.6 Å². The molecule has 0 aliphatic carbocycles. The van der Waals surface area contributed by atoms with Gasteiger partial charge in [-0.1, -0.05) is 0 Å². The Balaban J connectivity index is 1.81. The maximum absolute atomic E-state index is 12.5. The Labute approximate surface area is 165 Å². The van der Waals surface area contributed by atoms with E-state index in [2.05, 4.69) is 5.32 Å². The van der Waals surface area contributed by atoms with Gasteiger partial charge in [0.15, 0.2) is 6.10 Å². The number of benzene rings is 2. The first-order chi connectivity index (χ1) is 13.6. The molecule has 29 heavy (non-hydrogen) atoms. The molecule has 3 rings (SSSR count). The van der Waals surface area contributed by atoms with Gasteiger partial charge in [0, 0.05) is 5.69 Å². The van der Waals surface area contributed by atoms with Crippen LogP contribution >= 0.6 is 0 Å². The second-order valence-corrected chi connectivity index (χ2v) is 7.85. The first-order valence-corrected chi connectivity index (χ1v) is 9.89. The molecule has 0 fully saturated rings. The third-order valence-corrected chi connectivity index (χ3v) is 5.11. The third kappa shape index (κ3) is 4.36. The number of amides is 2. The minimum absolute atomic E-state index is 0.0568. The molecule has 152 valence electrons. The number of hydrogen-bond donors (Lipinski definition) is 3. The Morgan fingerprint density at radius 1 is 1.21 bits per heavy atom. The zero-order valence-electron chi connectivity index (χ0n) is 15.2. The highest BCUT2D eigenvalue weighted by atomic mass is 32.2. The van der Waals surface area contributed by atoms with Crippen molar-refractivity contribution in [3.8, 4) is 5.75 Å². The van der Waals surface area contributed by atoms with E-state index in [0.29, 0.717) is 5.69 Å². The van der Waals surface area contributed by atoms with Crippen molar-refractivity contribution in [1.82, 2.24) is 0 Å². The van der Waals surface area contributed by atoms with Crippen LogP contribution in [0.5, 0.6) is 5.75 Å². The molecule has 0 spiro atoms. The number of nitrogens with one attached hydrogen (secondary N) is 1. The molecule has 2 aromatic rings. The zero-order valence-corrected chi connectivity index (χ0v) is 16.0. The number of carboxylic acids is 1. The first kappa shape index (κ1) is 20.3. The second-order valence-electron chi connectivity index (χ2n) is 6.29. The molecule has 0 radical (unpaired) electrons. The Hall–Kier alpha value is -3.44. The fraction of sp³-hybridized carbons (Fsp3) is 0.167. The van der Waals surface area contributed by atoms with Crippen LogP contribution in [0.15, 0.2) is 47.4 Å². The van der Waals surface area contributed by atoms with E-state index >= 15 is 0 Å². The number of fused-ring (bicyclic) bond motifs is 1. The Bertz CT molecular complexity index is 1100. The Morgan fingerprint density at radius 3 is 2.45 bits per heavy atom. The third-order valence-electron chi connectivity index (χ3n) is 4.18. The van der Waals surface area contributed by atoms with E-state index in [9.17, 15) is 27.9 Å². The van der Waals surface area contributed by atoms with Gasteiger partial charge in [-0.2, -0.15) is 0 Å². The van der Waals surface area contributed by atoms with Gasteiger partial charge in [-0.05, 0) is 49.4 Å². The molecular formula is C18H17N3O7S. The number of hydrogen-bond acceptors (Lipinski definition) is 6. The topological polar surface area (TPSA) is 156 Å². The first-order valence-electron chi connectivity index (χ1n) is 8.34. The molecule has 10 nitrogen and oxygen atoms in total. The Morgan fingerprint density at radius 2 is 1.86 bits per heavy atom. The van der Waals surface area contributed by atoms with E-state index in [-0.39, 0.29) is 28.4 Å². The summed E-state index contributed by atoms with van der Waals surface area (Å²) in [6.45, 7) is 1.13. The van der Waals surface area contributed by atoms with Crippen molar-refractivity contribution in [3.63, 3.8) is 0 Å². The summed E-state index contributed by atoms with van der Waals surface area (Å²) >= 11 is 0. The largest absolute Gasteiger partial charge is 0.479 e. The monoisotopic (exact) mass is 419 g/mol. The number of aromatic carboxylic acids is 1. The molecule has 0 saturated heterocycles. The standard InChI is InChI=1S/C18H17N3O7S/c1-10-17(23)21(14-8-11(18(24)25)2-7-15(14)28-10)9-16(22)20-12-3-5-13(6-4-12)29(19,26)27/h2-8,10H,9H2,1H3,(H,20,22)(H,24,25)(H2,19,26,27). The lowest BCUT2D eigenvalue weighted by Crippen LogP contribution is -2.47. The van der Waals surface area contributed by atoms with Crippen LogP contribution in [0.4, 0.5) is 11.4 Å². The molecule has 1 atom stereocenters. The number of carbonyl (C=O) groups excluding carboxylic acids is 2. The van der Waals surface area contributed by atoms with Crippen molar-refractivity contribution >= 4 is 39.2 Å². The maximum atomic E-state index is 12.5. The highest BCUT2D eigenvalue weighted by Gasteiger charge is 2.33. The van der Waals surface area contributed by atoms with E-state index < -0.39 is 33.9 Å². The quantitative estimate of drug-likeness (QED) is 0.646. The fourth-order valence-electron chi connectivity index (χ4n) is 2.78. The van der Waals surface area contributed by atoms with Crippen molar-refractivity contribution in [2.24, 2.45) is 5.14 Å². The van der Waals surface area contributed by atoms with Crippen LogP contribution in [0, 0.1) is 0 Å². The molecular weight excluding hydrogens is 402 g/mol. The van der Waals surface area contributed by atoms with Gasteiger partial charge >= 0.3 is 5.97 Å². The van der Waals surface area contributed by atoms with Gasteiger partial charge in [0.25, 0.3) is 5.91 Å². The normalized spacial score (nSPS) is 16.0. The summed E-state index contributed by atoms with van der Waals surface area (Å²) in [6.07, 6.45) is -0.847. The second kappa shape index (κ2) is 7.53. The molecule has 1 unspecified atom stereocenters. The average Bonchev–Trinajstić information content (AvgIpc) is 2.64. The Kier molecular flexibility index (Phi) is 5.27. The predicted octanol–water partition coefficient (Wildman–Crippen LogP) is 0.785. The predicted molar refractivity (Wildman–Crippen MR) is 102 cm³/mol. The molecule has 11 heteroatoms. The van der Waals surface area contributed by atoms with Gasteiger partial charge in [0.05, 0.1) is 16.1 Å². The van der Waals surface area contributed by atoms with E-state index in [0.717, 1.165) is 4.90 Å². The van der Waals surface area contributed by atoms with Crippen molar-refractivity contribution in [2.45, 2.75) is 17.9 Å². The number of nitrogens with two attached hydrogens (primary N) is 1. The minimum atomic E-state index is -3.86. The fourth-order valence-corrected chi connectivity index (χ4v) is 3.29. The van der Waals surface area contributed by atoms with Crippen molar-refractivity contribution in [3.05, 3.63) is 48.0 Å². The van der Waals surface area contributed by atoms with Crippen LogP contribution in [0.3, 0.4) is 0 Å². The molecule has 2 aromatic carbocycles. The van der Waals surface area contributed by atoms with Crippen LogP contribution in [0.1, 0.15) is 17.3 Å². The van der Waals surface area contributed by atoms with Gasteiger partial charge in [-0.3, -0.25) is 14.5 Å². The molecule has 2 amide bonds. The summed E-state index contributed by atoms with van der Waals surface area (Å²) < 4.78 is 28.0. The minimum Gasteiger partial charge on any atom is -0.479 e.